The first-order valence-electron chi connectivity index (χ1n) is 28.5. The second kappa shape index (κ2) is 41.3. The molecule has 0 saturated carbocycles. The van der Waals surface area contributed by atoms with Crippen molar-refractivity contribution in [2.45, 2.75) is 139 Å². The summed E-state index contributed by atoms with van der Waals surface area (Å²) >= 11 is 8.15. The summed E-state index contributed by atoms with van der Waals surface area (Å²) in [6.45, 7) is 2.91. The minimum atomic E-state index is -5.08. The Kier molecular flexibility index (Phi) is 35.0. The average Bonchev–Trinajstić information content (AvgIpc) is 1.69. The number of unbranched alkanes of at least 4 members (excludes halogenated alkanes) is 3. The fourth-order valence-electron chi connectivity index (χ4n) is 8.26. The van der Waals surface area contributed by atoms with Gasteiger partial charge in [-0.25, -0.2) is 19.6 Å². The number of alkyl halides is 4. The number of ether oxygens (including phenoxy) is 4. The number of anilines is 1. The highest BCUT2D eigenvalue weighted by molar-refractivity contribution is 8.00. The zero-order valence-electron chi connectivity index (χ0n) is 50.1. The number of hydrogen-bond donors (Lipinski definition) is 14. The Morgan fingerprint density at radius 3 is 2.14 bits per heavy atom. The molecular weight excluding hydrogens is 1290 g/mol. The number of aromatic amines is 1. The molecule has 92 heavy (non-hydrogen) atoms. The van der Waals surface area contributed by atoms with Crippen LogP contribution in [-0.4, -0.2) is 204 Å². The molecule has 0 bridgehead atoms. The molecule has 0 radical (unpaired) electrons. The van der Waals surface area contributed by atoms with Crippen LogP contribution in [-0.2, 0) is 77.2 Å². The van der Waals surface area contributed by atoms with E-state index >= 15 is 0 Å². The lowest BCUT2D eigenvalue weighted by atomic mass is 10.0. The normalized spacial score (nSPS) is 16.7. The van der Waals surface area contributed by atoms with E-state index in [9.17, 15) is 61.1 Å². The first kappa shape index (κ1) is 78.0. The van der Waals surface area contributed by atoms with E-state index in [1.165, 1.54) is 17.2 Å². The molecule has 6 rings (SSSR count). The van der Waals surface area contributed by atoms with Crippen LogP contribution in [0.25, 0.3) is 11.2 Å². The summed E-state index contributed by atoms with van der Waals surface area (Å²) in [6, 6.07) is -1.90. The van der Waals surface area contributed by atoms with E-state index in [1.807, 2.05) is 11.8 Å². The van der Waals surface area contributed by atoms with E-state index in [0.717, 1.165) is 36.8 Å². The van der Waals surface area contributed by atoms with E-state index in [-0.39, 0.29) is 142 Å². The number of hydrogen-bond acceptors (Lipinski definition) is 23. The number of aliphatic carboxylic acids is 1. The fraction of sp³-hybridized carbons (Fsp3) is 0.627. The molecule has 3 aliphatic heterocycles. The molecule has 20 N–H and O–H groups in total. The third-order valence-electron chi connectivity index (χ3n) is 12.8. The number of amides is 8. The van der Waals surface area contributed by atoms with E-state index in [4.69, 9.17) is 69.1 Å². The number of nitrogen functional groups attached to an aromatic ring is 1. The summed E-state index contributed by atoms with van der Waals surface area (Å²) in [4.78, 5) is 146. The molecule has 3 aromatic rings. The average molecular weight is 1370 g/mol. The number of carboxylic acids is 1. The Hall–Kier alpha value is -8.21. The van der Waals surface area contributed by atoms with Crippen molar-refractivity contribution in [1.82, 2.24) is 61.0 Å². The topological polar surface area (TPSA) is 550 Å². The number of esters is 2. The van der Waals surface area contributed by atoms with Crippen molar-refractivity contribution in [2.75, 3.05) is 68.4 Å². The number of nitrogens with one attached hydrogen (secondary N) is 7. The number of nitrogens with two attached hydrogens (primary N) is 6. The molecule has 3 aromatic heterocycles. The van der Waals surface area contributed by atoms with Crippen LogP contribution in [0.4, 0.5) is 23.9 Å². The zero-order valence-corrected chi connectivity index (χ0v) is 52.5. The molecule has 35 nitrogen and oxygen atoms in total. The predicted molar refractivity (Wildman–Crippen MR) is 327 cm³/mol. The number of aliphatic imine (C=N–C) groups is 1. The highest BCUT2D eigenvalue weighted by Gasteiger charge is 2.42. The van der Waals surface area contributed by atoms with Gasteiger partial charge in [0.05, 0.1) is 55.6 Å². The van der Waals surface area contributed by atoms with E-state index in [2.05, 4.69) is 62.6 Å². The predicted octanol–water partition coefficient (Wildman–Crippen LogP) is -2.41. The van der Waals surface area contributed by atoms with Crippen LogP contribution in [0, 0.1) is 0 Å². The molecule has 2 saturated heterocycles. The van der Waals surface area contributed by atoms with Crippen molar-refractivity contribution in [2.24, 2.45) is 33.7 Å². The lowest BCUT2D eigenvalue weighted by Gasteiger charge is -2.22. The van der Waals surface area contributed by atoms with Gasteiger partial charge in [0.1, 0.15) is 50.3 Å². The van der Waals surface area contributed by atoms with Gasteiger partial charge in [0.25, 0.3) is 11.5 Å². The second-order valence-electron chi connectivity index (χ2n) is 20.0. The van der Waals surface area contributed by atoms with Gasteiger partial charge < -0.3 is 94.9 Å². The highest BCUT2D eigenvalue weighted by atomic mass is 35.5. The summed E-state index contributed by atoms with van der Waals surface area (Å²) in [7, 11) is 0. The summed E-state index contributed by atoms with van der Waals surface area (Å²) < 4.78 is 55.6. The number of primary amides is 2. The van der Waals surface area contributed by atoms with Gasteiger partial charge >= 0.3 is 30.1 Å². The number of fused-ring (bicyclic) bond motifs is 3. The molecule has 514 valence electrons. The van der Waals surface area contributed by atoms with Crippen LogP contribution in [0.5, 0.6) is 0 Å². The van der Waals surface area contributed by atoms with Crippen molar-refractivity contribution in [3.05, 3.63) is 34.4 Å². The van der Waals surface area contributed by atoms with E-state index < -0.39 is 59.7 Å². The first-order chi connectivity index (χ1) is 43.6. The number of imidazole rings is 2. The molecule has 0 spiro atoms. The maximum Gasteiger partial charge on any atom is 0.490 e. The number of halogens is 4. The van der Waals surface area contributed by atoms with Gasteiger partial charge in [-0.2, -0.15) is 29.9 Å². The van der Waals surface area contributed by atoms with E-state index in [0.29, 0.717) is 68.1 Å². The van der Waals surface area contributed by atoms with Gasteiger partial charge in [0.15, 0.2) is 17.1 Å². The third kappa shape index (κ3) is 29.8. The van der Waals surface area contributed by atoms with Crippen LogP contribution >= 0.6 is 35.1 Å². The molecule has 2 unspecified atom stereocenters. The summed E-state index contributed by atoms with van der Waals surface area (Å²) in [5.41, 5.74) is 33.3. The number of guanidine groups is 1. The molecular formula is C51H79ClF3N19O16S2. The van der Waals surface area contributed by atoms with Gasteiger partial charge in [-0.1, -0.05) is 19.8 Å². The van der Waals surface area contributed by atoms with Gasteiger partial charge in [0.2, 0.25) is 35.5 Å². The molecule has 6 atom stereocenters. The second-order valence-corrected chi connectivity index (χ2v) is 22.5. The Morgan fingerprint density at radius 2 is 1.50 bits per heavy atom. The lowest BCUT2D eigenvalue weighted by molar-refractivity contribution is -0.192. The Morgan fingerprint density at radius 1 is 0.859 bits per heavy atom. The number of urea groups is 1. The molecule has 0 aromatic carbocycles. The van der Waals surface area contributed by atoms with Gasteiger partial charge in [-0.3, -0.25) is 57.7 Å². The van der Waals surface area contributed by atoms with Crippen LogP contribution in [0.1, 0.15) is 93.7 Å². The molecule has 8 amide bonds. The third-order valence-corrected chi connectivity index (χ3v) is 15.5. The largest absolute Gasteiger partial charge is 0.490 e. The van der Waals surface area contributed by atoms with Crippen LogP contribution in [0.3, 0.4) is 0 Å². The van der Waals surface area contributed by atoms with Crippen LogP contribution in [0.2, 0.25) is 0 Å². The van der Waals surface area contributed by atoms with Crippen LogP contribution < -0.4 is 71.9 Å². The fourth-order valence-corrected chi connectivity index (χ4v) is 10.7. The molecule has 2 fully saturated rings. The quantitative estimate of drug-likeness (QED) is 0.00728. The van der Waals surface area contributed by atoms with Gasteiger partial charge in [0, 0.05) is 55.5 Å². The lowest BCUT2D eigenvalue weighted by Crippen LogP contribution is -2.53. The Labute approximate surface area is 537 Å². The van der Waals surface area contributed by atoms with Gasteiger partial charge in [-0.15, -0.1) is 23.4 Å². The molecule has 0 aliphatic carbocycles. The zero-order chi connectivity index (χ0) is 68.3. The molecule has 3 aliphatic rings. The monoisotopic (exact) mass is 1370 g/mol. The number of aromatic nitrogens is 6. The number of carbonyl (C=O) groups excluding carboxylic acids is 9. The summed E-state index contributed by atoms with van der Waals surface area (Å²) in [6.07, 6.45) is 3.74. The summed E-state index contributed by atoms with van der Waals surface area (Å²) in [5, 5.41) is 24.2. The number of H-pyrrole nitrogens is 1. The van der Waals surface area contributed by atoms with Crippen LogP contribution in [0.15, 0.2) is 22.4 Å². The number of rotatable bonds is 35. The maximum absolute atomic E-state index is 13.3. The number of thioether (sulfide) groups is 2. The van der Waals surface area contributed by atoms with Crippen molar-refractivity contribution >= 4 is 118 Å². The first-order valence-corrected chi connectivity index (χ1v) is 31.3. The molecule has 41 heteroatoms. The highest BCUT2D eigenvalue weighted by Crippen LogP contribution is 2.33. The SMILES string of the molecule is CCC(N)=O.NC(=O)[C@H](CSCC(=O)OCCOCn1cnc2c1CC(N)NC2=O)NC(=O)C(CCCN=C(N)N)NC(=O)CCCCCNC(=O)CCCC[C@@H]1SC[C@@H]2NC(=O)N[C@@H]21.Nc1nc2c(ncn2COCCOC(=O)CCl)c(=O)[nH]1.O=C(O)C(F)(F)F. The minimum Gasteiger partial charge on any atom is -0.475 e. The smallest absolute Gasteiger partial charge is 0.475 e. The Bertz CT molecular complexity index is 3030. The Balaban J connectivity index is 0.000000559. The van der Waals surface area contributed by atoms with E-state index in [1.54, 1.807) is 11.5 Å². The van der Waals surface area contributed by atoms with Gasteiger partial charge in [-0.05, 0) is 38.5 Å². The maximum atomic E-state index is 13.3. The number of carbonyl (C=O) groups is 10. The van der Waals surface area contributed by atoms with Crippen molar-refractivity contribution in [1.29, 1.82) is 0 Å². The van der Waals surface area contributed by atoms with Crippen molar-refractivity contribution in [3.63, 3.8) is 0 Å². The minimum absolute atomic E-state index is 0.000271. The number of nitrogens with zero attached hydrogens (tertiary/aromatic N) is 6. The number of carboxylic acid groups (broad SMARTS) is 1. The summed E-state index contributed by atoms with van der Waals surface area (Å²) in [5.74, 6) is -5.84. The van der Waals surface area contributed by atoms with Crippen molar-refractivity contribution < 1.29 is 85.2 Å². The molecule has 6 heterocycles. The standard InChI is InChI=1S/C36H59N13O9S2.C10H12ClN5O4.C3H7NO.C2HF3O2/c37-26-15-24-31(34(55)47-26)43-19-49(24)20-57-13-14-58-29(52)18-59-16-23(32(38)53)45-33(54)21(7-6-12-42-35(39)40)44-28(51)10-2-1-5-11-41-27(50)9-4-3-8-25-30-22(17-60-25)46-36(56)48-30;11-3-6(17)20-2-1-19-5-16-4-13-7-8(16)14-10(12)15-9(7)18;1-2-3(4)5;3-2(4,5)1(6)7/h19,21-23,25-26,30H,1-18,20,37H2,(H2,38,53)(H,41,50)(H,44,51)(H,45,54)(H,47,55)(H4,39,40,42)(H2,46,48,56);4H,1-3,5H2,(H3,12,14,15,18);2H2,1H3,(H2,4,5);(H,6,7)/t21?,22-,23-,25-,26?,30-;;;/m0.../s1. The van der Waals surface area contributed by atoms with Crippen molar-refractivity contribution in [3.8, 4) is 0 Å².